The topological polar surface area (TPSA) is 79.2 Å². The van der Waals surface area contributed by atoms with Crippen molar-refractivity contribution >= 4 is 44.9 Å². The Bertz CT molecular complexity index is 850. The number of nitrogens with zero attached hydrogens (tertiary/aromatic N) is 1. The van der Waals surface area contributed by atoms with Gasteiger partial charge in [0.2, 0.25) is 0 Å². The van der Waals surface area contributed by atoms with E-state index in [9.17, 15) is 14.9 Å². The molecule has 1 N–H and O–H groups in total. The Kier molecular flexibility index (Phi) is 5.26. The highest BCUT2D eigenvalue weighted by Crippen LogP contribution is 2.35. The smallest absolute Gasteiger partial charge is 0.350 e. The first-order chi connectivity index (χ1) is 12.0. The molecular formula is C18H17ClN2O3S. The molecule has 1 amide bonds. The number of ether oxygens (including phenoxy) is 1. The number of rotatable bonds is 4. The minimum atomic E-state index is -0.836. The summed E-state index contributed by atoms with van der Waals surface area (Å²) in [4.78, 5) is 24.6. The number of fused-ring (bicyclic) bond motifs is 1. The largest absolute Gasteiger partial charge is 0.451 e. The fourth-order valence-corrected chi connectivity index (χ4v) is 4.47. The molecular weight excluding hydrogens is 360 g/mol. The Morgan fingerprint density at radius 2 is 2.00 bits per heavy atom. The van der Waals surface area contributed by atoms with E-state index in [-0.39, 0.29) is 4.88 Å². The highest BCUT2D eigenvalue weighted by atomic mass is 35.5. The van der Waals surface area contributed by atoms with Crippen LogP contribution in [0.25, 0.3) is 10.1 Å². The molecule has 25 heavy (non-hydrogen) atoms. The first kappa shape index (κ1) is 17.7. The second kappa shape index (κ2) is 7.42. The minimum absolute atomic E-state index is 0.281. The van der Waals surface area contributed by atoms with E-state index >= 15 is 0 Å². The molecule has 1 saturated carbocycles. The number of thiophene rings is 1. The van der Waals surface area contributed by atoms with Crippen LogP contribution in [-0.4, -0.2) is 24.0 Å². The fraction of sp³-hybridized carbons (Fsp3) is 0.389. The standard InChI is InChI=1S/C18H17ClN2O3S/c19-15-12-6-2-3-7-13(12)25-16(15)17(23)24-10-14(22)21-18(11-20)8-4-1-5-9-18/h2-3,6-7H,1,4-5,8-10H2,(H,21,22). The molecule has 7 heteroatoms. The summed E-state index contributed by atoms with van der Waals surface area (Å²) in [5.41, 5.74) is -0.836. The number of nitriles is 1. The van der Waals surface area contributed by atoms with Gasteiger partial charge < -0.3 is 10.1 Å². The zero-order chi connectivity index (χ0) is 17.9. The third kappa shape index (κ3) is 3.78. The number of carbonyl (C=O) groups excluding carboxylic acids is 2. The monoisotopic (exact) mass is 376 g/mol. The van der Waals surface area contributed by atoms with Gasteiger partial charge in [-0.1, -0.05) is 49.1 Å². The Labute approximate surface area is 154 Å². The van der Waals surface area contributed by atoms with Crippen LogP contribution in [0.4, 0.5) is 0 Å². The van der Waals surface area contributed by atoms with Crippen molar-refractivity contribution in [2.24, 2.45) is 0 Å². The van der Waals surface area contributed by atoms with E-state index in [2.05, 4.69) is 11.4 Å². The second-order valence-corrected chi connectivity index (χ2v) is 7.55. The van der Waals surface area contributed by atoms with Crippen LogP contribution in [0, 0.1) is 11.3 Å². The third-order valence-electron chi connectivity index (χ3n) is 4.35. The molecule has 0 spiro atoms. The van der Waals surface area contributed by atoms with Crippen LogP contribution >= 0.6 is 22.9 Å². The van der Waals surface area contributed by atoms with Gasteiger partial charge in [-0.15, -0.1) is 11.3 Å². The number of hydrogen-bond acceptors (Lipinski definition) is 5. The van der Waals surface area contributed by atoms with Crippen LogP contribution < -0.4 is 5.32 Å². The van der Waals surface area contributed by atoms with Crippen LogP contribution in [0.2, 0.25) is 5.02 Å². The lowest BCUT2D eigenvalue weighted by Crippen LogP contribution is -2.50. The van der Waals surface area contributed by atoms with E-state index in [1.54, 1.807) is 0 Å². The van der Waals surface area contributed by atoms with Crippen molar-refractivity contribution in [1.82, 2.24) is 5.32 Å². The van der Waals surface area contributed by atoms with Crippen molar-refractivity contribution in [3.63, 3.8) is 0 Å². The second-order valence-electron chi connectivity index (χ2n) is 6.12. The first-order valence-electron chi connectivity index (χ1n) is 8.11. The molecule has 0 bridgehead atoms. The summed E-state index contributed by atoms with van der Waals surface area (Å²) in [7, 11) is 0. The summed E-state index contributed by atoms with van der Waals surface area (Å²) in [6.45, 7) is -0.424. The van der Waals surface area contributed by atoms with Crippen LogP contribution in [0.5, 0.6) is 0 Å². The molecule has 1 aromatic heterocycles. The van der Waals surface area contributed by atoms with Crippen molar-refractivity contribution in [3.05, 3.63) is 34.2 Å². The molecule has 0 atom stereocenters. The minimum Gasteiger partial charge on any atom is -0.451 e. The van der Waals surface area contributed by atoms with Crippen molar-refractivity contribution in [1.29, 1.82) is 5.26 Å². The zero-order valence-electron chi connectivity index (χ0n) is 13.5. The SMILES string of the molecule is N#CC1(NC(=O)COC(=O)c2sc3ccccc3c2Cl)CCCCC1. The van der Waals surface area contributed by atoms with Crippen LogP contribution in [0.1, 0.15) is 41.8 Å². The Hall–Kier alpha value is -2.10. The van der Waals surface area contributed by atoms with Gasteiger partial charge in [0.25, 0.3) is 5.91 Å². The predicted molar refractivity (Wildman–Crippen MR) is 96.7 cm³/mol. The van der Waals surface area contributed by atoms with E-state index in [4.69, 9.17) is 16.3 Å². The number of nitrogens with one attached hydrogen (secondary N) is 1. The average molecular weight is 377 g/mol. The highest BCUT2D eigenvalue weighted by molar-refractivity contribution is 7.21. The zero-order valence-corrected chi connectivity index (χ0v) is 15.1. The number of benzene rings is 1. The fourth-order valence-electron chi connectivity index (χ4n) is 3.07. The molecule has 1 heterocycles. The Morgan fingerprint density at radius 1 is 1.28 bits per heavy atom. The van der Waals surface area contributed by atoms with Gasteiger partial charge in [0.1, 0.15) is 10.4 Å². The number of hydrogen-bond donors (Lipinski definition) is 1. The maximum atomic E-state index is 12.2. The Balaban J connectivity index is 1.62. The van der Waals surface area contributed by atoms with E-state index in [1.165, 1.54) is 11.3 Å². The molecule has 0 saturated heterocycles. The summed E-state index contributed by atoms with van der Waals surface area (Å²) < 4.78 is 5.98. The molecule has 5 nitrogen and oxygen atoms in total. The van der Waals surface area contributed by atoms with Gasteiger partial charge in [-0.25, -0.2) is 4.79 Å². The highest BCUT2D eigenvalue weighted by Gasteiger charge is 2.33. The number of carbonyl (C=O) groups is 2. The summed E-state index contributed by atoms with van der Waals surface area (Å²) in [6.07, 6.45) is 4.14. The van der Waals surface area contributed by atoms with Crippen molar-refractivity contribution < 1.29 is 14.3 Å². The van der Waals surface area contributed by atoms with Crippen molar-refractivity contribution in [3.8, 4) is 6.07 Å². The van der Waals surface area contributed by atoms with E-state index in [1.807, 2.05) is 24.3 Å². The summed E-state index contributed by atoms with van der Waals surface area (Å²) >= 11 is 7.47. The summed E-state index contributed by atoms with van der Waals surface area (Å²) in [6, 6.07) is 9.61. The van der Waals surface area contributed by atoms with Gasteiger partial charge in [0.15, 0.2) is 6.61 Å². The predicted octanol–water partition coefficient (Wildman–Crippen LogP) is 4.05. The molecule has 1 fully saturated rings. The van der Waals surface area contributed by atoms with Crippen LogP contribution in [0.3, 0.4) is 0 Å². The molecule has 0 radical (unpaired) electrons. The lowest BCUT2D eigenvalue weighted by atomic mass is 9.83. The molecule has 1 aromatic carbocycles. The Morgan fingerprint density at radius 3 is 2.68 bits per heavy atom. The van der Waals surface area contributed by atoms with Gasteiger partial charge in [-0.05, 0) is 18.9 Å². The van der Waals surface area contributed by atoms with Gasteiger partial charge in [-0.3, -0.25) is 4.79 Å². The van der Waals surface area contributed by atoms with Crippen molar-refractivity contribution in [2.75, 3.05) is 6.61 Å². The molecule has 130 valence electrons. The first-order valence-corrected chi connectivity index (χ1v) is 9.30. The van der Waals surface area contributed by atoms with Gasteiger partial charge in [0.05, 0.1) is 11.1 Å². The summed E-state index contributed by atoms with van der Waals surface area (Å²) in [5, 5.41) is 13.2. The van der Waals surface area contributed by atoms with E-state index < -0.39 is 24.0 Å². The van der Waals surface area contributed by atoms with Crippen LogP contribution in [-0.2, 0) is 9.53 Å². The molecule has 1 aliphatic carbocycles. The third-order valence-corrected chi connectivity index (χ3v) is 6.01. The van der Waals surface area contributed by atoms with Crippen LogP contribution in [0.15, 0.2) is 24.3 Å². The van der Waals surface area contributed by atoms with E-state index in [0.29, 0.717) is 17.9 Å². The molecule has 0 aliphatic heterocycles. The average Bonchev–Trinajstić information content (AvgIpc) is 2.98. The quantitative estimate of drug-likeness (QED) is 0.816. The maximum absolute atomic E-state index is 12.2. The summed E-state index contributed by atoms with van der Waals surface area (Å²) in [5.74, 6) is -1.09. The maximum Gasteiger partial charge on any atom is 0.350 e. The molecule has 3 rings (SSSR count). The number of amides is 1. The number of esters is 1. The van der Waals surface area contributed by atoms with Gasteiger partial charge >= 0.3 is 5.97 Å². The normalized spacial score (nSPS) is 16.2. The lowest BCUT2D eigenvalue weighted by Gasteiger charge is -2.31. The lowest BCUT2D eigenvalue weighted by molar-refractivity contribution is -0.125. The van der Waals surface area contributed by atoms with Gasteiger partial charge in [-0.2, -0.15) is 5.26 Å². The van der Waals surface area contributed by atoms with E-state index in [0.717, 1.165) is 29.3 Å². The number of halogens is 1. The van der Waals surface area contributed by atoms with Crippen molar-refractivity contribution in [2.45, 2.75) is 37.6 Å². The van der Waals surface area contributed by atoms with Gasteiger partial charge in [0, 0.05) is 10.1 Å². The molecule has 2 aromatic rings. The molecule has 0 unspecified atom stereocenters. The molecule has 1 aliphatic rings.